The molecule has 1 aromatic rings. The number of amides is 2. The summed E-state index contributed by atoms with van der Waals surface area (Å²) in [5.74, 6) is 0.717. The van der Waals surface area contributed by atoms with Crippen molar-refractivity contribution in [3.63, 3.8) is 0 Å². The highest BCUT2D eigenvalue weighted by atomic mass is 16.5. The molecule has 2 bridgehead atoms. The van der Waals surface area contributed by atoms with Crippen LogP contribution in [0.4, 0.5) is 0 Å². The monoisotopic (exact) mass is 356 g/mol. The molecule has 3 atom stereocenters. The van der Waals surface area contributed by atoms with E-state index in [9.17, 15) is 9.59 Å². The highest BCUT2D eigenvalue weighted by Gasteiger charge is 2.61. The molecule has 0 heterocycles. The van der Waals surface area contributed by atoms with E-state index in [4.69, 9.17) is 10.5 Å². The van der Waals surface area contributed by atoms with Gasteiger partial charge < -0.3 is 15.8 Å². The molecule has 1 aromatic carbocycles. The van der Waals surface area contributed by atoms with Gasteiger partial charge in [0.2, 0.25) is 5.91 Å². The van der Waals surface area contributed by atoms with Crippen molar-refractivity contribution in [3.8, 4) is 5.75 Å². The third kappa shape index (κ3) is 3.35. The molecule has 2 saturated carbocycles. The van der Waals surface area contributed by atoms with Crippen LogP contribution >= 0.6 is 0 Å². The highest BCUT2D eigenvalue weighted by Crippen LogP contribution is 2.65. The fraction of sp³-hybridized carbons (Fsp3) is 0.524. The van der Waals surface area contributed by atoms with Crippen molar-refractivity contribution in [2.24, 2.45) is 22.5 Å². The van der Waals surface area contributed by atoms with Gasteiger partial charge in [0.1, 0.15) is 5.75 Å². The second kappa shape index (κ2) is 6.78. The molecule has 0 radical (unpaired) electrons. The number of benzene rings is 1. The van der Waals surface area contributed by atoms with Crippen molar-refractivity contribution in [3.05, 3.63) is 35.9 Å². The van der Waals surface area contributed by atoms with Crippen LogP contribution in [-0.4, -0.2) is 24.5 Å². The van der Waals surface area contributed by atoms with Gasteiger partial charge >= 0.3 is 0 Å². The highest BCUT2D eigenvalue weighted by molar-refractivity contribution is 5.92. The number of hydrogen-bond donors (Lipinski definition) is 2. The predicted octanol–water partition coefficient (Wildman–Crippen LogP) is 2.89. The van der Waals surface area contributed by atoms with Gasteiger partial charge in [-0.05, 0) is 59.8 Å². The van der Waals surface area contributed by atoms with Crippen LogP contribution < -0.4 is 15.8 Å². The molecule has 3 N–H and O–H groups in total. The Kier molecular flexibility index (Phi) is 4.82. The van der Waals surface area contributed by atoms with Gasteiger partial charge in [0, 0.05) is 12.1 Å². The molecule has 0 spiro atoms. The Balaban J connectivity index is 1.56. The van der Waals surface area contributed by atoms with E-state index in [1.165, 1.54) is 12.8 Å². The minimum absolute atomic E-state index is 0.0476. The Morgan fingerprint density at radius 3 is 2.50 bits per heavy atom. The summed E-state index contributed by atoms with van der Waals surface area (Å²) in [6.07, 6.45) is 6.91. The number of ether oxygens (including phenoxy) is 1. The Morgan fingerprint density at radius 2 is 1.96 bits per heavy atom. The number of nitrogens with one attached hydrogen (secondary N) is 1. The van der Waals surface area contributed by atoms with E-state index in [2.05, 4.69) is 26.1 Å². The van der Waals surface area contributed by atoms with Gasteiger partial charge in [-0.25, -0.2) is 0 Å². The zero-order chi connectivity index (χ0) is 18.9. The van der Waals surface area contributed by atoms with Crippen LogP contribution in [0.5, 0.6) is 5.75 Å². The number of carbonyl (C=O) groups is 2. The summed E-state index contributed by atoms with van der Waals surface area (Å²) in [6, 6.07) is 7.42. The molecule has 0 saturated heterocycles. The Bertz CT molecular complexity index is 723. The molecule has 3 rings (SSSR count). The van der Waals surface area contributed by atoms with Crippen LogP contribution in [0.1, 0.15) is 45.6 Å². The van der Waals surface area contributed by atoms with E-state index in [-0.39, 0.29) is 29.4 Å². The summed E-state index contributed by atoms with van der Waals surface area (Å²) in [4.78, 5) is 23.1. The van der Waals surface area contributed by atoms with E-state index in [0.29, 0.717) is 11.7 Å². The number of fused-ring (bicyclic) bond motifs is 2. The summed E-state index contributed by atoms with van der Waals surface area (Å²) in [5.41, 5.74) is 6.41. The maximum atomic E-state index is 12.4. The van der Waals surface area contributed by atoms with Crippen LogP contribution in [-0.2, 0) is 9.59 Å². The first-order valence-electron chi connectivity index (χ1n) is 9.22. The Hall–Kier alpha value is -2.30. The van der Waals surface area contributed by atoms with Crippen LogP contribution in [0.2, 0.25) is 0 Å². The summed E-state index contributed by atoms with van der Waals surface area (Å²) >= 11 is 0. The summed E-state index contributed by atoms with van der Waals surface area (Å²) in [6.45, 7) is 6.86. The number of carbonyl (C=O) groups excluding carboxylic acids is 2. The lowest BCUT2D eigenvalue weighted by molar-refractivity contribution is -0.120. The maximum absolute atomic E-state index is 12.4. The quantitative estimate of drug-likeness (QED) is 0.769. The molecular formula is C21H28N2O3. The van der Waals surface area contributed by atoms with Crippen LogP contribution in [0.3, 0.4) is 0 Å². The van der Waals surface area contributed by atoms with Gasteiger partial charge in [-0.15, -0.1) is 0 Å². The second-order valence-corrected chi connectivity index (χ2v) is 8.33. The first-order valence-corrected chi connectivity index (χ1v) is 9.22. The molecule has 0 aromatic heterocycles. The summed E-state index contributed by atoms with van der Waals surface area (Å²) in [5, 5.41) is 3.22. The SMILES string of the molecule is CC1(C)C2CCC1(C)C(NC(=O)/C=C/c1ccc(OCC(N)=O)cc1)C2. The van der Waals surface area contributed by atoms with Gasteiger partial charge in [0.15, 0.2) is 6.61 Å². The lowest BCUT2D eigenvalue weighted by Gasteiger charge is -2.39. The predicted molar refractivity (Wildman–Crippen MR) is 101 cm³/mol. The van der Waals surface area contributed by atoms with Crippen molar-refractivity contribution >= 4 is 17.9 Å². The molecular weight excluding hydrogens is 328 g/mol. The van der Waals surface area contributed by atoms with E-state index < -0.39 is 5.91 Å². The number of nitrogens with two attached hydrogens (primary N) is 1. The lowest BCUT2D eigenvalue weighted by atomic mass is 9.69. The summed E-state index contributed by atoms with van der Waals surface area (Å²) in [7, 11) is 0. The van der Waals surface area contributed by atoms with Gasteiger partial charge in [-0.1, -0.05) is 32.9 Å². The second-order valence-electron chi connectivity index (χ2n) is 8.33. The Morgan fingerprint density at radius 1 is 1.27 bits per heavy atom. The third-order valence-electron chi connectivity index (χ3n) is 6.80. The van der Waals surface area contributed by atoms with Crippen molar-refractivity contribution in [1.29, 1.82) is 0 Å². The van der Waals surface area contributed by atoms with Gasteiger partial charge in [-0.2, -0.15) is 0 Å². The molecule has 5 nitrogen and oxygen atoms in total. The summed E-state index contributed by atoms with van der Waals surface area (Å²) < 4.78 is 5.22. The zero-order valence-corrected chi connectivity index (χ0v) is 15.7. The van der Waals surface area contributed by atoms with Crippen molar-refractivity contribution in [2.45, 2.75) is 46.1 Å². The molecule has 0 aliphatic heterocycles. The average Bonchev–Trinajstić information content (AvgIpc) is 2.92. The fourth-order valence-electron chi connectivity index (χ4n) is 4.64. The van der Waals surface area contributed by atoms with E-state index in [1.807, 2.05) is 12.1 Å². The van der Waals surface area contributed by atoms with Crippen LogP contribution in [0, 0.1) is 16.7 Å². The third-order valence-corrected chi connectivity index (χ3v) is 6.80. The van der Waals surface area contributed by atoms with Crippen molar-refractivity contribution < 1.29 is 14.3 Å². The number of rotatable bonds is 6. The molecule has 2 aliphatic rings. The topological polar surface area (TPSA) is 81.4 Å². The average molecular weight is 356 g/mol. The first-order chi connectivity index (χ1) is 12.2. The Labute approximate surface area is 155 Å². The normalized spacial score (nSPS) is 29.0. The zero-order valence-electron chi connectivity index (χ0n) is 15.7. The minimum atomic E-state index is -0.511. The maximum Gasteiger partial charge on any atom is 0.255 e. The van der Waals surface area contributed by atoms with Crippen LogP contribution in [0.15, 0.2) is 30.3 Å². The van der Waals surface area contributed by atoms with Crippen molar-refractivity contribution in [2.75, 3.05) is 6.61 Å². The van der Waals surface area contributed by atoms with Gasteiger partial charge in [0.05, 0.1) is 0 Å². The number of hydrogen-bond acceptors (Lipinski definition) is 3. The fourth-order valence-corrected chi connectivity index (χ4v) is 4.64. The van der Waals surface area contributed by atoms with E-state index in [1.54, 1.807) is 24.3 Å². The number of primary amides is 1. The molecule has 2 fully saturated rings. The largest absolute Gasteiger partial charge is 0.484 e. The van der Waals surface area contributed by atoms with Gasteiger partial charge in [-0.3, -0.25) is 9.59 Å². The molecule has 2 aliphatic carbocycles. The molecule has 140 valence electrons. The van der Waals surface area contributed by atoms with Crippen LogP contribution in [0.25, 0.3) is 6.08 Å². The minimum Gasteiger partial charge on any atom is -0.484 e. The molecule has 2 amide bonds. The van der Waals surface area contributed by atoms with Crippen molar-refractivity contribution in [1.82, 2.24) is 5.32 Å². The van der Waals surface area contributed by atoms with E-state index in [0.717, 1.165) is 12.0 Å². The van der Waals surface area contributed by atoms with E-state index >= 15 is 0 Å². The lowest BCUT2D eigenvalue weighted by Crippen LogP contribution is -2.46. The van der Waals surface area contributed by atoms with Gasteiger partial charge in [0.25, 0.3) is 5.91 Å². The molecule has 5 heteroatoms. The molecule has 3 unspecified atom stereocenters. The standard InChI is InChI=1S/C21H28N2O3/c1-20(2)15-10-11-21(20,3)17(12-15)23-19(25)9-6-14-4-7-16(8-5-14)26-13-18(22)24/h4-9,15,17H,10-13H2,1-3H3,(H2,22,24)(H,23,25)/b9-6+. The first kappa shape index (κ1) is 18.5. The smallest absolute Gasteiger partial charge is 0.255 e. The molecule has 26 heavy (non-hydrogen) atoms.